The van der Waals surface area contributed by atoms with Crippen molar-refractivity contribution >= 4 is 21.6 Å². The number of benzene rings is 1. The van der Waals surface area contributed by atoms with Gasteiger partial charge in [0.05, 0.1) is 5.75 Å². The lowest BCUT2D eigenvalue weighted by atomic mass is 10.2. The van der Waals surface area contributed by atoms with Crippen LogP contribution in [0.15, 0.2) is 24.3 Å². The van der Waals surface area contributed by atoms with Crippen LogP contribution < -0.4 is 0 Å². The standard InChI is InChI=1S/C13H19ClN2O2S/c1-2-15-6-8-16(9-7-15)19(17,18)11-12-4-3-5-13(14)10-12/h3-5,10H,2,6-9,11H2,1H3. The van der Waals surface area contributed by atoms with Crippen molar-refractivity contribution in [1.82, 2.24) is 9.21 Å². The highest BCUT2D eigenvalue weighted by Gasteiger charge is 2.26. The molecule has 1 aliphatic rings. The van der Waals surface area contributed by atoms with E-state index in [1.807, 2.05) is 0 Å². The fourth-order valence-electron chi connectivity index (χ4n) is 2.25. The fourth-order valence-corrected chi connectivity index (χ4v) is 3.97. The maximum absolute atomic E-state index is 12.3. The summed E-state index contributed by atoms with van der Waals surface area (Å²) in [5.41, 5.74) is 0.741. The molecular formula is C13H19ClN2O2S. The van der Waals surface area contributed by atoms with Gasteiger partial charge in [0.15, 0.2) is 0 Å². The maximum Gasteiger partial charge on any atom is 0.218 e. The normalized spacial score (nSPS) is 18.6. The second-order valence-electron chi connectivity index (χ2n) is 4.72. The zero-order valence-electron chi connectivity index (χ0n) is 11.0. The second-order valence-corrected chi connectivity index (χ2v) is 7.12. The Morgan fingerprint density at radius 2 is 1.89 bits per heavy atom. The average molecular weight is 303 g/mol. The third-order valence-electron chi connectivity index (χ3n) is 3.41. The van der Waals surface area contributed by atoms with Gasteiger partial charge in [0.2, 0.25) is 10.0 Å². The zero-order chi connectivity index (χ0) is 13.9. The van der Waals surface area contributed by atoms with E-state index in [2.05, 4.69) is 11.8 Å². The number of rotatable bonds is 4. The lowest BCUT2D eigenvalue weighted by molar-refractivity contribution is 0.196. The molecule has 2 rings (SSSR count). The Kier molecular flexibility index (Phi) is 4.84. The highest BCUT2D eigenvalue weighted by Crippen LogP contribution is 2.16. The molecule has 0 saturated carbocycles. The van der Waals surface area contributed by atoms with Crippen LogP contribution in [0, 0.1) is 0 Å². The molecule has 1 aromatic carbocycles. The summed E-state index contributed by atoms with van der Waals surface area (Å²) in [5, 5.41) is 0.573. The van der Waals surface area contributed by atoms with Crippen molar-refractivity contribution in [3.8, 4) is 0 Å². The van der Waals surface area contributed by atoms with Crippen LogP contribution in [0.1, 0.15) is 12.5 Å². The number of halogens is 1. The zero-order valence-corrected chi connectivity index (χ0v) is 12.6. The summed E-state index contributed by atoms with van der Waals surface area (Å²) in [6.45, 7) is 5.85. The number of sulfonamides is 1. The minimum absolute atomic E-state index is 0.0275. The van der Waals surface area contributed by atoms with E-state index in [0.29, 0.717) is 18.1 Å². The van der Waals surface area contributed by atoms with Gasteiger partial charge in [-0.2, -0.15) is 4.31 Å². The average Bonchev–Trinajstić information content (AvgIpc) is 2.38. The first kappa shape index (κ1) is 14.8. The molecule has 0 spiro atoms. The van der Waals surface area contributed by atoms with Gasteiger partial charge in [-0.3, -0.25) is 0 Å². The van der Waals surface area contributed by atoms with Gasteiger partial charge < -0.3 is 4.90 Å². The van der Waals surface area contributed by atoms with Crippen LogP contribution in [-0.2, 0) is 15.8 Å². The molecular weight excluding hydrogens is 284 g/mol. The molecule has 0 amide bonds. The molecule has 1 fully saturated rings. The largest absolute Gasteiger partial charge is 0.301 e. The van der Waals surface area contributed by atoms with E-state index in [-0.39, 0.29) is 5.75 Å². The molecule has 0 atom stereocenters. The smallest absolute Gasteiger partial charge is 0.218 e. The summed E-state index contributed by atoms with van der Waals surface area (Å²) in [6.07, 6.45) is 0. The Morgan fingerprint density at radius 3 is 2.47 bits per heavy atom. The SMILES string of the molecule is CCN1CCN(S(=O)(=O)Cc2cccc(Cl)c2)CC1. The van der Waals surface area contributed by atoms with Crippen molar-refractivity contribution in [3.63, 3.8) is 0 Å². The Hall–Kier alpha value is -0.620. The third kappa shape index (κ3) is 3.92. The number of hydrogen-bond acceptors (Lipinski definition) is 3. The van der Waals surface area contributed by atoms with E-state index in [0.717, 1.165) is 25.2 Å². The predicted octanol–water partition coefficient (Wildman–Crippen LogP) is 1.81. The summed E-state index contributed by atoms with van der Waals surface area (Å²) < 4.78 is 26.2. The van der Waals surface area contributed by atoms with Crippen LogP contribution in [0.25, 0.3) is 0 Å². The van der Waals surface area contributed by atoms with Crippen molar-refractivity contribution in [2.24, 2.45) is 0 Å². The molecule has 0 N–H and O–H groups in total. The van der Waals surface area contributed by atoms with E-state index in [9.17, 15) is 8.42 Å². The van der Waals surface area contributed by atoms with Crippen LogP contribution in [0.2, 0.25) is 5.02 Å². The minimum Gasteiger partial charge on any atom is -0.301 e. The van der Waals surface area contributed by atoms with Gasteiger partial charge in [0.1, 0.15) is 0 Å². The van der Waals surface area contributed by atoms with Crippen molar-refractivity contribution < 1.29 is 8.42 Å². The first-order valence-electron chi connectivity index (χ1n) is 6.46. The molecule has 1 aromatic rings. The van der Waals surface area contributed by atoms with E-state index >= 15 is 0 Å². The van der Waals surface area contributed by atoms with E-state index < -0.39 is 10.0 Å². The van der Waals surface area contributed by atoms with Gasteiger partial charge in [-0.05, 0) is 24.2 Å². The number of likely N-dealkylation sites (N-methyl/N-ethyl adjacent to an activating group) is 1. The Morgan fingerprint density at radius 1 is 1.21 bits per heavy atom. The second kappa shape index (κ2) is 6.22. The van der Waals surface area contributed by atoms with Crippen molar-refractivity contribution in [1.29, 1.82) is 0 Å². The van der Waals surface area contributed by atoms with E-state index in [1.54, 1.807) is 28.6 Å². The van der Waals surface area contributed by atoms with Crippen LogP contribution in [-0.4, -0.2) is 50.3 Å². The quantitative estimate of drug-likeness (QED) is 0.852. The highest BCUT2D eigenvalue weighted by molar-refractivity contribution is 7.88. The van der Waals surface area contributed by atoms with Crippen LogP contribution in [0.3, 0.4) is 0 Å². The van der Waals surface area contributed by atoms with Gasteiger partial charge in [0, 0.05) is 31.2 Å². The molecule has 6 heteroatoms. The highest BCUT2D eigenvalue weighted by atomic mass is 35.5. The van der Waals surface area contributed by atoms with Crippen molar-refractivity contribution in [2.75, 3.05) is 32.7 Å². The lowest BCUT2D eigenvalue weighted by Gasteiger charge is -2.33. The first-order valence-corrected chi connectivity index (χ1v) is 8.44. The fraction of sp³-hybridized carbons (Fsp3) is 0.538. The Bertz CT molecular complexity index is 525. The molecule has 19 heavy (non-hydrogen) atoms. The predicted molar refractivity (Wildman–Crippen MR) is 77.8 cm³/mol. The molecule has 0 aromatic heterocycles. The monoisotopic (exact) mass is 302 g/mol. The molecule has 1 saturated heterocycles. The van der Waals surface area contributed by atoms with Gasteiger partial charge in [-0.1, -0.05) is 30.7 Å². The molecule has 0 unspecified atom stereocenters. The van der Waals surface area contributed by atoms with Crippen LogP contribution in [0.4, 0.5) is 0 Å². The van der Waals surface area contributed by atoms with Gasteiger partial charge in [-0.25, -0.2) is 8.42 Å². The number of piperazine rings is 1. The van der Waals surface area contributed by atoms with E-state index in [1.165, 1.54) is 0 Å². The van der Waals surface area contributed by atoms with Crippen LogP contribution in [0.5, 0.6) is 0 Å². The Balaban J connectivity index is 2.03. The van der Waals surface area contributed by atoms with E-state index in [4.69, 9.17) is 11.6 Å². The van der Waals surface area contributed by atoms with Gasteiger partial charge in [-0.15, -0.1) is 0 Å². The molecule has 0 bridgehead atoms. The summed E-state index contributed by atoms with van der Waals surface area (Å²) in [4.78, 5) is 2.26. The summed E-state index contributed by atoms with van der Waals surface area (Å²) >= 11 is 5.88. The first-order chi connectivity index (χ1) is 9.01. The molecule has 1 heterocycles. The molecule has 106 valence electrons. The van der Waals surface area contributed by atoms with Crippen LogP contribution >= 0.6 is 11.6 Å². The number of hydrogen-bond donors (Lipinski definition) is 0. The molecule has 1 aliphatic heterocycles. The summed E-state index contributed by atoms with van der Waals surface area (Å²) in [6, 6.07) is 7.03. The number of nitrogens with zero attached hydrogens (tertiary/aromatic N) is 2. The Labute approximate surface area is 120 Å². The maximum atomic E-state index is 12.3. The van der Waals surface area contributed by atoms with Crippen molar-refractivity contribution in [3.05, 3.63) is 34.9 Å². The molecule has 4 nitrogen and oxygen atoms in total. The third-order valence-corrected chi connectivity index (χ3v) is 5.50. The van der Waals surface area contributed by atoms with Crippen molar-refractivity contribution in [2.45, 2.75) is 12.7 Å². The van der Waals surface area contributed by atoms with Gasteiger partial charge in [0.25, 0.3) is 0 Å². The lowest BCUT2D eigenvalue weighted by Crippen LogP contribution is -2.48. The molecule has 0 aliphatic carbocycles. The van der Waals surface area contributed by atoms with Gasteiger partial charge >= 0.3 is 0 Å². The molecule has 0 radical (unpaired) electrons. The summed E-state index contributed by atoms with van der Waals surface area (Å²) in [7, 11) is -3.24. The topological polar surface area (TPSA) is 40.6 Å². The minimum atomic E-state index is -3.24. The summed E-state index contributed by atoms with van der Waals surface area (Å²) in [5.74, 6) is 0.0275.